The van der Waals surface area contributed by atoms with E-state index in [0.717, 1.165) is 34.1 Å². The fourth-order valence-corrected chi connectivity index (χ4v) is 4.15. The van der Waals surface area contributed by atoms with Crippen molar-refractivity contribution in [1.29, 1.82) is 0 Å². The summed E-state index contributed by atoms with van der Waals surface area (Å²) in [6.07, 6.45) is 4.58. The molecule has 20 heavy (non-hydrogen) atoms. The molecule has 106 valence electrons. The van der Waals surface area contributed by atoms with Gasteiger partial charge in [0.1, 0.15) is 5.01 Å². The van der Waals surface area contributed by atoms with E-state index in [0.29, 0.717) is 5.92 Å². The van der Waals surface area contributed by atoms with Crippen LogP contribution in [0.4, 0.5) is 0 Å². The maximum absolute atomic E-state index is 6.61. The monoisotopic (exact) mass is 306 g/mol. The summed E-state index contributed by atoms with van der Waals surface area (Å²) in [4.78, 5) is 4.79. The van der Waals surface area contributed by atoms with Gasteiger partial charge in [-0.25, -0.2) is 4.98 Å². The van der Waals surface area contributed by atoms with E-state index in [2.05, 4.69) is 12.3 Å². The molecule has 1 aliphatic rings. The molecule has 1 aromatic carbocycles. The van der Waals surface area contributed by atoms with E-state index in [1.807, 2.05) is 24.3 Å². The summed E-state index contributed by atoms with van der Waals surface area (Å²) >= 11 is 7.61. The van der Waals surface area contributed by atoms with Crippen molar-refractivity contribution >= 4 is 22.9 Å². The van der Waals surface area contributed by atoms with Crippen LogP contribution in [0, 0.1) is 5.92 Å². The van der Waals surface area contributed by atoms with Crippen LogP contribution in [0.2, 0.25) is 5.02 Å². The summed E-state index contributed by atoms with van der Waals surface area (Å²) in [5.74, 6) is 0.691. The molecule has 2 atom stereocenters. The van der Waals surface area contributed by atoms with Crippen molar-refractivity contribution in [1.82, 2.24) is 4.98 Å². The first kappa shape index (κ1) is 14.1. The van der Waals surface area contributed by atoms with Crippen molar-refractivity contribution in [3.05, 3.63) is 39.7 Å². The maximum atomic E-state index is 6.61. The lowest BCUT2D eigenvalue weighted by molar-refractivity contribution is 0.238. The molecule has 0 saturated heterocycles. The Balaban J connectivity index is 1.88. The third-order valence-corrected chi connectivity index (χ3v) is 5.42. The summed E-state index contributed by atoms with van der Waals surface area (Å²) in [7, 11) is 0. The van der Waals surface area contributed by atoms with Crippen LogP contribution in [0.1, 0.15) is 37.6 Å². The predicted octanol–water partition coefficient (Wildman–Crippen LogP) is 4.83. The molecular formula is C16H19ClN2S. The van der Waals surface area contributed by atoms with Crippen molar-refractivity contribution in [3.63, 3.8) is 0 Å². The zero-order valence-electron chi connectivity index (χ0n) is 11.6. The van der Waals surface area contributed by atoms with Crippen LogP contribution in [0.15, 0.2) is 29.6 Å². The molecule has 1 aromatic heterocycles. The van der Waals surface area contributed by atoms with Crippen LogP contribution in [-0.4, -0.2) is 4.98 Å². The van der Waals surface area contributed by atoms with E-state index in [9.17, 15) is 0 Å². The number of rotatable bonds is 2. The van der Waals surface area contributed by atoms with E-state index in [4.69, 9.17) is 22.3 Å². The van der Waals surface area contributed by atoms with Gasteiger partial charge in [0.25, 0.3) is 0 Å². The van der Waals surface area contributed by atoms with Crippen LogP contribution in [0.3, 0.4) is 0 Å². The smallest absolute Gasteiger partial charge is 0.113 e. The lowest BCUT2D eigenvalue weighted by Crippen LogP contribution is -2.40. The molecule has 1 aliphatic carbocycles. The first-order valence-corrected chi connectivity index (χ1v) is 8.33. The van der Waals surface area contributed by atoms with Gasteiger partial charge in [-0.2, -0.15) is 0 Å². The average molecular weight is 307 g/mol. The third-order valence-electron chi connectivity index (χ3n) is 4.10. The second kappa shape index (κ2) is 5.47. The third kappa shape index (κ3) is 2.76. The zero-order valence-corrected chi connectivity index (χ0v) is 13.2. The Morgan fingerprint density at radius 1 is 1.35 bits per heavy atom. The standard InChI is InChI=1S/C16H19ClN2S/c1-11-3-2-8-16(18,9-11)15-19-14(10-20-15)12-4-6-13(17)7-5-12/h4-7,10-11H,2-3,8-9,18H2,1H3. The number of hydrogen-bond donors (Lipinski definition) is 1. The molecular weight excluding hydrogens is 288 g/mol. The zero-order chi connectivity index (χ0) is 14.2. The van der Waals surface area contributed by atoms with Gasteiger partial charge < -0.3 is 5.73 Å². The van der Waals surface area contributed by atoms with Gasteiger partial charge in [-0.1, -0.05) is 43.5 Å². The van der Waals surface area contributed by atoms with Gasteiger partial charge in [0.05, 0.1) is 11.2 Å². The van der Waals surface area contributed by atoms with Gasteiger partial charge in [-0.3, -0.25) is 0 Å². The number of nitrogens with zero attached hydrogens (tertiary/aromatic N) is 1. The number of hydrogen-bond acceptors (Lipinski definition) is 3. The highest BCUT2D eigenvalue weighted by Gasteiger charge is 2.35. The second-order valence-electron chi connectivity index (χ2n) is 5.90. The predicted molar refractivity (Wildman–Crippen MR) is 86.1 cm³/mol. The van der Waals surface area contributed by atoms with Gasteiger partial charge >= 0.3 is 0 Å². The summed E-state index contributed by atoms with van der Waals surface area (Å²) in [5.41, 5.74) is 8.49. The van der Waals surface area contributed by atoms with Gasteiger partial charge in [0.15, 0.2) is 0 Å². The van der Waals surface area contributed by atoms with Gasteiger partial charge in [-0.15, -0.1) is 11.3 Å². The molecule has 4 heteroatoms. The minimum Gasteiger partial charge on any atom is -0.319 e. The molecule has 2 aromatic rings. The van der Waals surface area contributed by atoms with Crippen molar-refractivity contribution in [3.8, 4) is 11.3 Å². The number of halogens is 1. The van der Waals surface area contributed by atoms with Gasteiger partial charge in [0.2, 0.25) is 0 Å². The molecule has 0 spiro atoms. The topological polar surface area (TPSA) is 38.9 Å². The van der Waals surface area contributed by atoms with Crippen LogP contribution in [-0.2, 0) is 5.54 Å². The van der Waals surface area contributed by atoms with E-state index < -0.39 is 0 Å². The molecule has 0 aliphatic heterocycles. The van der Waals surface area contributed by atoms with E-state index in [1.54, 1.807) is 11.3 Å². The second-order valence-corrected chi connectivity index (χ2v) is 7.20. The Kier molecular flexibility index (Phi) is 3.85. The number of aromatic nitrogens is 1. The van der Waals surface area contributed by atoms with Crippen molar-refractivity contribution in [2.45, 2.75) is 38.1 Å². The largest absolute Gasteiger partial charge is 0.319 e. The molecule has 1 fully saturated rings. The first-order valence-electron chi connectivity index (χ1n) is 7.08. The quantitative estimate of drug-likeness (QED) is 0.863. The fraction of sp³-hybridized carbons (Fsp3) is 0.438. The molecule has 1 saturated carbocycles. The van der Waals surface area contributed by atoms with Crippen LogP contribution in [0.25, 0.3) is 11.3 Å². The SMILES string of the molecule is CC1CCCC(N)(c2nc(-c3ccc(Cl)cc3)cs2)C1. The van der Waals surface area contributed by atoms with E-state index in [-0.39, 0.29) is 5.54 Å². The Bertz CT molecular complexity index is 593. The molecule has 0 bridgehead atoms. The summed E-state index contributed by atoms with van der Waals surface area (Å²) in [6.45, 7) is 2.29. The number of benzene rings is 1. The summed E-state index contributed by atoms with van der Waals surface area (Å²) in [6, 6.07) is 7.81. The van der Waals surface area contributed by atoms with Crippen LogP contribution in [0.5, 0.6) is 0 Å². The van der Waals surface area contributed by atoms with E-state index in [1.165, 1.54) is 12.8 Å². The van der Waals surface area contributed by atoms with Crippen LogP contribution >= 0.6 is 22.9 Å². The Morgan fingerprint density at radius 2 is 2.10 bits per heavy atom. The first-order chi connectivity index (χ1) is 9.57. The molecule has 2 N–H and O–H groups in total. The summed E-state index contributed by atoms with van der Waals surface area (Å²) < 4.78 is 0. The Hall–Kier alpha value is -0.900. The summed E-state index contributed by atoms with van der Waals surface area (Å²) in [5, 5.41) is 3.93. The lowest BCUT2D eigenvalue weighted by Gasteiger charge is -2.35. The maximum Gasteiger partial charge on any atom is 0.113 e. The van der Waals surface area contributed by atoms with Gasteiger partial charge in [0, 0.05) is 16.0 Å². The normalized spacial score (nSPS) is 26.6. The highest BCUT2D eigenvalue weighted by Crippen LogP contribution is 2.40. The molecule has 3 rings (SSSR count). The van der Waals surface area contributed by atoms with Gasteiger partial charge in [-0.05, 0) is 30.9 Å². The van der Waals surface area contributed by atoms with Crippen LogP contribution < -0.4 is 5.73 Å². The van der Waals surface area contributed by atoms with Crippen molar-refractivity contribution in [2.75, 3.05) is 0 Å². The fourth-order valence-electron chi connectivity index (χ4n) is 3.04. The molecule has 0 radical (unpaired) electrons. The molecule has 2 nitrogen and oxygen atoms in total. The minimum atomic E-state index is -0.229. The Labute approximate surface area is 129 Å². The highest BCUT2D eigenvalue weighted by molar-refractivity contribution is 7.10. The lowest BCUT2D eigenvalue weighted by atomic mass is 9.77. The number of nitrogens with two attached hydrogens (primary N) is 1. The van der Waals surface area contributed by atoms with E-state index >= 15 is 0 Å². The highest BCUT2D eigenvalue weighted by atomic mass is 35.5. The average Bonchev–Trinajstić information content (AvgIpc) is 2.90. The molecule has 1 heterocycles. The number of thiazole rings is 1. The van der Waals surface area contributed by atoms with Crippen molar-refractivity contribution < 1.29 is 0 Å². The minimum absolute atomic E-state index is 0.229. The van der Waals surface area contributed by atoms with Crippen molar-refractivity contribution in [2.24, 2.45) is 11.7 Å². The molecule has 0 amide bonds. The molecule has 2 unspecified atom stereocenters. The Morgan fingerprint density at radius 3 is 2.80 bits per heavy atom.